The predicted octanol–water partition coefficient (Wildman–Crippen LogP) is 1.09. The average Bonchev–Trinajstić information content (AvgIpc) is 2.36. The lowest BCUT2D eigenvalue weighted by Gasteiger charge is -2.36. The Morgan fingerprint density at radius 3 is 2.67 bits per heavy atom. The molecule has 0 saturated carbocycles. The monoisotopic (exact) mass is 256 g/mol. The van der Waals surface area contributed by atoms with E-state index in [2.05, 4.69) is 12.2 Å². The number of rotatable bonds is 6. The second-order valence-corrected chi connectivity index (χ2v) is 4.97. The van der Waals surface area contributed by atoms with E-state index in [-0.39, 0.29) is 12.5 Å². The first-order chi connectivity index (χ1) is 8.58. The maximum absolute atomic E-state index is 11.6. The second kappa shape index (κ2) is 7.36. The molecule has 5 nitrogen and oxygen atoms in total. The molecule has 0 bridgehead atoms. The number of nitrogens with zero attached hydrogens (tertiary/aromatic N) is 1. The van der Waals surface area contributed by atoms with Crippen molar-refractivity contribution in [2.45, 2.75) is 45.6 Å². The summed E-state index contributed by atoms with van der Waals surface area (Å²) in [7, 11) is 0. The van der Waals surface area contributed by atoms with Crippen molar-refractivity contribution in [2.24, 2.45) is 5.92 Å². The molecule has 1 saturated heterocycles. The number of carbonyl (C=O) groups is 2. The number of carboxylic acid groups (broad SMARTS) is 1. The predicted molar refractivity (Wildman–Crippen MR) is 69.3 cm³/mol. The van der Waals surface area contributed by atoms with Crippen LogP contribution in [0, 0.1) is 5.92 Å². The van der Waals surface area contributed by atoms with Gasteiger partial charge in [0.15, 0.2) is 0 Å². The van der Waals surface area contributed by atoms with Crippen LogP contribution in [0.2, 0.25) is 0 Å². The number of hydrogen-bond donors (Lipinski definition) is 2. The Morgan fingerprint density at radius 2 is 2.11 bits per heavy atom. The van der Waals surface area contributed by atoms with Gasteiger partial charge in [0.2, 0.25) is 5.91 Å². The third-order valence-electron chi connectivity index (χ3n) is 3.60. The minimum Gasteiger partial charge on any atom is -0.480 e. The van der Waals surface area contributed by atoms with Gasteiger partial charge in [0.05, 0.1) is 6.54 Å². The summed E-state index contributed by atoms with van der Waals surface area (Å²) in [6.45, 7) is 5.64. The molecule has 5 heteroatoms. The Bertz CT molecular complexity index is 294. The van der Waals surface area contributed by atoms with E-state index in [1.165, 1.54) is 0 Å². The van der Waals surface area contributed by atoms with Gasteiger partial charge in [-0.25, -0.2) is 0 Å². The Labute approximate surface area is 109 Å². The van der Waals surface area contributed by atoms with Gasteiger partial charge in [0.25, 0.3) is 0 Å². The molecule has 2 atom stereocenters. The Morgan fingerprint density at radius 1 is 1.39 bits per heavy atom. The number of piperidine rings is 1. The summed E-state index contributed by atoms with van der Waals surface area (Å²) in [5.74, 6) is -0.407. The molecule has 1 aliphatic rings. The van der Waals surface area contributed by atoms with Crippen molar-refractivity contribution >= 4 is 11.9 Å². The highest BCUT2D eigenvalue weighted by molar-refractivity contribution is 5.80. The summed E-state index contributed by atoms with van der Waals surface area (Å²) in [6, 6.07) is -0.504. The second-order valence-electron chi connectivity index (χ2n) is 4.97. The summed E-state index contributed by atoms with van der Waals surface area (Å²) in [5, 5.41) is 12.0. The lowest BCUT2D eigenvalue weighted by Crippen LogP contribution is -2.50. The fraction of sp³-hybridized carbons (Fsp3) is 0.846. The summed E-state index contributed by atoms with van der Waals surface area (Å²) >= 11 is 0. The standard InChI is InChI=1S/C13H24N2O3/c1-3-6-14-12(16)9-15-7-5-10(4-2)8-11(15)13(17)18/h10-11H,3-9H2,1-2H3,(H,14,16)(H,17,18). The number of aliphatic carboxylic acids is 1. The molecular weight excluding hydrogens is 232 g/mol. The Kier molecular flexibility index (Phi) is 6.12. The van der Waals surface area contributed by atoms with Crippen molar-refractivity contribution < 1.29 is 14.7 Å². The average molecular weight is 256 g/mol. The van der Waals surface area contributed by atoms with E-state index in [4.69, 9.17) is 0 Å². The molecule has 0 aromatic carbocycles. The van der Waals surface area contributed by atoms with Crippen LogP contribution in [0.25, 0.3) is 0 Å². The smallest absolute Gasteiger partial charge is 0.320 e. The highest BCUT2D eigenvalue weighted by atomic mass is 16.4. The van der Waals surface area contributed by atoms with Gasteiger partial charge in [-0.05, 0) is 31.7 Å². The van der Waals surface area contributed by atoms with Crippen LogP contribution in [0.3, 0.4) is 0 Å². The number of nitrogens with one attached hydrogen (secondary N) is 1. The highest BCUT2D eigenvalue weighted by Gasteiger charge is 2.33. The Hall–Kier alpha value is -1.10. The topological polar surface area (TPSA) is 69.6 Å². The number of carbonyl (C=O) groups excluding carboxylic acids is 1. The normalized spacial score (nSPS) is 24.8. The van der Waals surface area contributed by atoms with E-state index in [9.17, 15) is 14.7 Å². The SMILES string of the molecule is CCCNC(=O)CN1CCC(CC)CC1C(=O)O. The minimum absolute atomic E-state index is 0.0713. The maximum atomic E-state index is 11.6. The van der Waals surface area contributed by atoms with Crippen molar-refractivity contribution in [2.75, 3.05) is 19.6 Å². The molecule has 2 unspecified atom stereocenters. The molecule has 0 aliphatic carbocycles. The summed E-state index contributed by atoms with van der Waals surface area (Å²) < 4.78 is 0. The molecule has 18 heavy (non-hydrogen) atoms. The van der Waals surface area contributed by atoms with Crippen LogP contribution >= 0.6 is 0 Å². The first kappa shape index (κ1) is 15.0. The molecule has 0 radical (unpaired) electrons. The molecule has 0 aromatic rings. The van der Waals surface area contributed by atoms with Crippen molar-refractivity contribution in [1.82, 2.24) is 10.2 Å². The van der Waals surface area contributed by atoms with Crippen molar-refractivity contribution in [3.63, 3.8) is 0 Å². The van der Waals surface area contributed by atoms with Gasteiger partial charge < -0.3 is 10.4 Å². The first-order valence-corrected chi connectivity index (χ1v) is 6.82. The van der Waals surface area contributed by atoms with Crippen LogP contribution in [0.5, 0.6) is 0 Å². The molecule has 1 heterocycles. The quantitative estimate of drug-likeness (QED) is 0.746. The van der Waals surface area contributed by atoms with Crippen LogP contribution in [0.4, 0.5) is 0 Å². The zero-order valence-electron chi connectivity index (χ0n) is 11.3. The van der Waals surface area contributed by atoms with Gasteiger partial charge >= 0.3 is 5.97 Å². The van der Waals surface area contributed by atoms with Crippen molar-refractivity contribution in [1.29, 1.82) is 0 Å². The molecule has 1 rings (SSSR count). The molecular formula is C13H24N2O3. The minimum atomic E-state index is -0.809. The van der Waals surface area contributed by atoms with Crippen molar-refractivity contribution in [3.05, 3.63) is 0 Å². The molecule has 1 amide bonds. The molecule has 1 aliphatic heterocycles. The van der Waals surface area contributed by atoms with Crippen LogP contribution in [0.1, 0.15) is 39.5 Å². The summed E-state index contributed by atoms with van der Waals surface area (Å²) in [5.41, 5.74) is 0. The fourth-order valence-corrected chi connectivity index (χ4v) is 2.41. The maximum Gasteiger partial charge on any atom is 0.320 e. The molecule has 104 valence electrons. The van der Waals surface area contributed by atoms with E-state index in [1.807, 2.05) is 6.92 Å². The van der Waals surface area contributed by atoms with E-state index in [0.29, 0.717) is 25.4 Å². The number of likely N-dealkylation sites (tertiary alicyclic amines) is 1. The van der Waals surface area contributed by atoms with Gasteiger partial charge in [-0.3, -0.25) is 14.5 Å². The van der Waals surface area contributed by atoms with Gasteiger partial charge in [-0.15, -0.1) is 0 Å². The lowest BCUT2D eigenvalue weighted by molar-refractivity contribution is -0.146. The van der Waals surface area contributed by atoms with Crippen LogP contribution in [-0.2, 0) is 9.59 Å². The third kappa shape index (κ3) is 4.29. The van der Waals surface area contributed by atoms with Crippen molar-refractivity contribution in [3.8, 4) is 0 Å². The number of carboxylic acids is 1. The van der Waals surface area contributed by atoms with Gasteiger partial charge in [0.1, 0.15) is 6.04 Å². The molecule has 0 spiro atoms. The largest absolute Gasteiger partial charge is 0.480 e. The van der Waals surface area contributed by atoms with Gasteiger partial charge in [-0.1, -0.05) is 20.3 Å². The molecule has 0 aromatic heterocycles. The van der Waals surface area contributed by atoms with Crippen LogP contribution in [-0.4, -0.2) is 47.6 Å². The summed E-state index contributed by atoms with van der Waals surface area (Å²) in [6.07, 6.45) is 3.56. The van der Waals surface area contributed by atoms with Gasteiger partial charge in [-0.2, -0.15) is 0 Å². The van der Waals surface area contributed by atoms with E-state index >= 15 is 0 Å². The van der Waals surface area contributed by atoms with Gasteiger partial charge in [0, 0.05) is 6.54 Å². The molecule has 1 fully saturated rings. The lowest BCUT2D eigenvalue weighted by atomic mass is 9.89. The zero-order chi connectivity index (χ0) is 13.5. The van der Waals surface area contributed by atoms with E-state index in [0.717, 1.165) is 19.3 Å². The van der Waals surface area contributed by atoms with Crippen LogP contribution in [0.15, 0.2) is 0 Å². The fourth-order valence-electron chi connectivity index (χ4n) is 2.41. The number of amides is 1. The first-order valence-electron chi connectivity index (χ1n) is 6.82. The third-order valence-corrected chi connectivity index (χ3v) is 3.60. The van der Waals surface area contributed by atoms with E-state index in [1.54, 1.807) is 4.90 Å². The summed E-state index contributed by atoms with van der Waals surface area (Å²) in [4.78, 5) is 24.7. The highest BCUT2D eigenvalue weighted by Crippen LogP contribution is 2.25. The van der Waals surface area contributed by atoms with E-state index < -0.39 is 12.0 Å². The molecule has 2 N–H and O–H groups in total. The zero-order valence-corrected chi connectivity index (χ0v) is 11.3. The number of hydrogen-bond acceptors (Lipinski definition) is 3. The van der Waals surface area contributed by atoms with Crippen LogP contribution < -0.4 is 5.32 Å². The Balaban J connectivity index is 2.52.